The third-order valence-corrected chi connectivity index (χ3v) is 7.05. The number of aryl methyl sites for hydroxylation is 1. The number of carbonyl (C=O) groups excluding carboxylic acids is 1. The number of hydrogen-bond acceptors (Lipinski definition) is 4. The summed E-state index contributed by atoms with van der Waals surface area (Å²) in [6, 6.07) is 13.7. The van der Waals surface area contributed by atoms with Gasteiger partial charge in [0.15, 0.2) is 5.43 Å². The normalized spacial score (nSPS) is 16.2. The molecule has 1 aliphatic rings. The lowest BCUT2D eigenvalue weighted by atomic mass is 10.0. The van der Waals surface area contributed by atoms with Crippen LogP contribution >= 0.6 is 11.8 Å². The lowest BCUT2D eigenvalue weighted by Crippen LogP contribution is -2.39. The van der Waals surface area contributed by atoms with E-state index in [-0.39, 0.29) is 29.5 Å². The summed E-state index contributed by atoms with van der Waals surface area (Å²) in [5, 5.41) is 11.7. The molecule has 4 rings (SSSR count). The number of thioether (sulfide) groups is 1. The van der Waals surface area contributed by atoms with E-state index in [9.17, 15) is 27.9 Å². The third-order valence-electron chi connectivity index (χ3n) is 5.72. The first-order valence-electron chi connectivity index (χ1n) is 10.7. The summed E-state index contributed by atoms with van der Waals surface area (Å²) in [4.78, 5) is 26.7. The minimum atomic E-state index is -4.55. The fourth-order valence-corrected chi connectivity index (χ4v) is 5.36. The zero-order valence-electron chi connectivity index (χ0n) is 18.5. The number of aliphatic hydroxyl groups is 1. The Labute approximate surface area is 198 Å². The number of rotatable bonds is 4. The van der Waals surface area contributed by atoms with Crippen molar-refractivity contribution in [3.63, 3.8) is 0 Å². The SMILES string of the molecule is Cc1cc(=O)c(C(=O)NC(C)CO)c2n1-c1cc(C(F)(F)F)ccc1SC(c1ccccc1)C2. The van der Waals surface area contributed by atoms with Gasteiger partial charge in [-0.05, 0) is 37.6 Å². The van der Waals surface area contributed by atoms with Crippen LogP contribution in [0.5, 0.6) is 0 Å². The second kappa shape index (κ2) is 9.31. The molecule has 9 heteroatoms. The van der Waals surface area contributed by atoms with Crippen LogP contribution in [0.15, 0.2) is 64.3 Å². The largest absolute Gasteiger partial charge is 0.416 e. The van der Waals surface area contributed by atoms with Gasteiger partial charge in [0.25, 0.3) is 5.91 Å². The molecule has 1 amide bonds. The van der Waals surface area contributed by atoms with E-state index >= 15 is 0 Å². The molecular weight excluding hydrogens is 465 g/mol. The Kier molecular flexibility index (Phi) is 6.60. The lowest BCUT2D eigenvalue weighted by Gasteiger charge is -2.21. The molecule has 3 aromatic rings. The van der Waals surface area contributed by atoms with Gasteiger partial charge < -0.3 is 15.0 Å². The Hall–Kier alpha value is -3.04. The average molecular weight is 489 g/mol. The summed E-state index contributed by atoms with van der Waals surface area (Å²) < 4.78 is 42.3. The molecule has 2 unspecified atom stereocenters. The van der Waals surface area contributed by atoms with Crippen molar-refractivity contribution in [1.82, 2.24) is 9.88 Å². The number of alkyl halides is 3. The minimum Gasteiger partial charge on any atom is -0.394 e. The standard InChI is InChI=1S/C25H23F3N2O3S/c1-14(13-31)29-24(33)23-19-12-22(16-6-4-3-5-7-16)34-21-9-8-17(25(26,27)28)11-18(21)30(19)15(2)10-20(23)32/h3-11,14,22,31H,12-13H2,1-2H3,(H,29,33). The first-order valence-corrected chi connectivity index (χ1v) is 11.6. The summed E-state index contributed by atoms with van der Waals surface area (Å²) in [5.41, 5.74) is 0.518. The molecular formula is C25H23F3N2O3S. The van der Waals surface area contributed by atoms with Gasteiger partial charge in [-0.1, -0.05) is 30.3 Å². The Balaban J connectivity index is 2.00. The molecule has 0 fully saturated rings. The molecule has 2 N–H and O–H groups in total. The zero-order chi connectivity index (χ0) is 24.6. The van der Waals surface area contributed by atoms with Crippen LogP contribution in [-0.4, -0.2) is 28.2 Å². The summed E-state index contributed by atoms with van der Waals surface area (Å²) in [7, 11) is 0. The maximum atomic E-state index is 13.6. The van der Waals surface area contributed by atoms with Gasteiger partial charge in [0.2, 0.25) is 0 Å². The number of aromatic nitrogens is 1. The smallest absolute Gasteiger partial charge is 0.394 e. The van der Waals surface area contributed by atoms with E-state index in [0.29, 0.717) is 16.3 Å². The molecule has 5 nitrogen and oxygen atoms in total. The molecule has 178 valence electrons. The van der Waals surface area contributed by atoms with Gasteiger partial charge in [0, 0.05) is 40.1 Å². The minimum absolute atomic E-state index is 0.127. The highest BCUT2D eigenvalue weighted by atomic mass is 32.2. The summed E-state index contributed by atoms with van der Waals surface area (Å²) in [6.07, 6.45) is -4.30. The molecule has 1 aromatic heterocycles. The molecule has 2 heterocycles. The highest BCUT2D eigenvalue weighted by Crippen LogP contribution is 2.45. The number of aliphatic hydroxyl groups excluding tert-OH is 1. The average Bonchev–Trinajstić information content (AvgIpc) is 2.95. The summed E-state index contributed by atoms with van der Waals surface area (Å²) >= 11 is 1.40. The van der Waals surface area contributed by atoms with E-state index in [0.717, 1.165) is 17.7 Å². The number of hydrogen-bond donors (Lipinski definition) is 2. The number of nitrogens with one attached hydrogen (secondary N) is 1. The van der Waals surface area contributed by atoms with E-state index in [2.05, 4.69) is 5.32 Å². The van der Waals surface area contributed by atoms with E-state index in [4.69, 9.17) is 0 Å². The second-order valence-electron chi connectivity index (χ2n) is 8.27. The molecule has 34 heavy (non-hydrogen) atoms. The van der Waals surface area contributed by atoms with Gasteiger partial charge >= 0.3 is 6.18 Å². The molecule has 0 aliphatic carbocycles. The van der Waals surface area contributed by atoms with Gasteiger partial charge in [-0.15, -0.1) is 11.8 Å². The Morgan fingerprint density at radius 1 is 1.21 bits per heavy atom. The van der Waals surface area contributed by atoms with Crippen molar-refractivity contribution in [2.45, 2.75) is 42.6 Å². The highest BCUT2D eigenvalue weighted by Gasteiger charge is 2.34. The Morgan fingerprint density at radius 2 is 1.91 bits per heavy atom. The fraction of sp³-hybridized carbons (Fsp3) is 0.280. The topological polar surface area (TPSA) is 71.3 Å². The van der Waals surface area contributed by atoms with Crippen molar-refractivity contribution >= 4 is 17.7 Å². The molecule has 0 radical (unpaired) electrons. The van der Waals surface area contributed by atoms with Gasteiger partial charge in [-0.25, -0.2) is 0 Å². The number of nitrogens with zero attached hydrogens (tertiary/aromatic N) is 1. The Bertz CT molecular complexity index is 1290. The van der Waals surface area contributed by atoms with Gasteiger partial charge in [0.05, 0.1) is 17.9 Å². The predicted octanol–water partition coefficient (Wildman–Crippen LogP) is 4.66. The maximum Gasteiger partial charge on any atom is 0.416 e. The van der Waals surface area contributed by atoms with Crippen LogP contribution in [0.1, 0.15) is 45.0 Å². The molecule has 0 saturated carbocycles. The summed E-state index contributed by atoms with van der Waals surface area (Å²) in [6.45, 7) is 2.91. The molecule has 0 bridgehead atoms. The van der Waals surface area contributed by atoms with Crippen molar-refractivity contribution in [2.75, 3.05) is 6.61 Å². The van der Waals surface area contributed by atoms with E-state index in [1.54, 1.807) is 18.4 Å². The third kappa shape index (κ3) is 4.63. The number of amides is 1. The monoisotopic (exact) mass is 488 g/mol. The fourth-order valence-electron chi connectivity index (χ4n) is 4.10. The number of fused-ring (bicyclic) bond motifs is 3. The first kappa shape index (κ1) is 24.1. The first-order chi connectivity index (χ1) is 16.1. The van der Waals surface area contributed by atoms with E-state index < -0.39 is 29.1 Å². The molecule has 2 aromatic carbocycles. The van der Waals surface area contributed by atoms with Crippen molar-refractivity contribution in [3.05, 3.63) is 92.9 Å². The molecule has 1 aliphatic heterocycles. The van der Waals surface area contributed by atoms with Gasteiger partial charge in [-0.3, -0.25) is 9.59 Å². The number of halogens is 3. The zero-order valence-corrected chi connectivity index (χ0v) is 19.3. The van der Waals surface area contributed by atoms with Crippen LogP contribution in [0, 0.1) is 6.92 Å². The number of benzene rings is 2. The molecule has 2 atom stereocenters. The van der Waals surface area contributed by atoms with Crippen LogP contribution in [0.4, 0.5) is 13.2 Å². The molecule has 0 spiro atoms. The van der Waals surface area contributed by atoms with E-state index in [1.807, 2.05) is 30.3 Å². The van der Waals surface area contributed by atoms with Crippen LogP contribution < -0.4 is 10.7 Å². The van der Waals surface area contributed by atoms with Crippen LogP contribution in [0.25, 0.3) is 5.69 Å². The molecule has 0 saturated heterocycles. The van der Waals surface area contributed by atoms with Crippen LogP contribution in [-0.2, 0) is 12.6 Å². The highest BCUT2D eigenvalue weighted by molar-refractivity contribution is 7.99. The van der Waals surface area contributed by atoms with Crippen molar-refractivity contribution in [1.29, 1.82) is 0 Å². The number of carbonyl (C=O) groups is 1. The second-order valence-corrected chi connectivity index (χ2v) is 9.51. The maximum absolute atomic E-state index is 13.6. The van der Waals surface area contributed by atoms with Crippen LogP contribution in [0.3, 0.4) is 0 Å². The van der Waals surface area contributed by atoms with Gasteiger partial charge in [0.1, 0.15) is 5.56 Å². The summed E-state index contributed by atoms with van der Waals surface area (Å²) in [5.74, 6) is -0.664. The predicted molar refractivity (Wildman–Crippen MR) is 125 cm³/mol. The van der Waals surface area contributed by atoms with Crippen molar-refractivity contribution < 1.29 is 23.1 Å². The van der Waals surface area contributed by atoms with Crippen LogP contribution in [0.2, 0.25) is 0 Å². The van der Waals surface area contributed by atoms with E-state index in [1.165, 1.54) is 23.9 Å². The van der Waals surface area contributed by atoms with Gasteiger partial charge in [-0.2, -0.15) is 13.2 Å². The number of pyridine rings is 1. The quantitative estimate of drug-likeness (QED) is 0.560. The lowest BCUT2D eigenvalue weighted by molar-refractivity contribution is -0.137. The Morgan fingerprint density at radius 3 is 2.56 bits per heavy atom. The van der Waals surface area contributed by atoms with Crippen molar-refractivity contribution in [3.8, 4) is 5.69 Å². The van der Waals surface area contributed by atoms with Crippen molar-refractivity contribution in [2.24, 2.45) is 0 Å².